The third-order valence-corrected chi connectivity index (χ3v) is 5.20. The maximum atomic E-state index is 12.7. The SMILES string of the molecule is C[C@H](CNC(=O)N1CCCC[C@H]1c1cn[nH]c1)N1CCOC[C@@H]1C. The molecule has 2 saturated heterocycles. The zero-order chi connectivity index (χ0) is 16.9. The van der Waals surface area contributed by atoms with Gasteiger partial charge in [-0.05, 0) is 33.1 Å². The van der Waals surface area contributed by atoms with Crippen molar-refractivity contribution in [2.24, 2.45) is 0 Å². The van der Waals surface area contributed by atoms with Crippen LogP contribution in [0.2, 0.25) is 0 Å². The Hall–Kier alpha value is -1.60. The van der Waals surface area contributed by atoms with Crippen LogP contribution in [0, 0.1) is 0 Å². The van der Waals surface area contributed by atoms with Gasteiger partial charge in [-0.3, -0.25) is 10.00 Å². The molecule has 134 valence electrons. The fourth-order valence-electron chi connectivity index (χ4n) is 3.81. The summed E-state index contributed by atoms with van der Waals surface area (Å²) in [6.07, 6.45) is 6.95. The predicted octanol–water partition coefficient (Wildman–Crippen LogP) is 1.76. The number of aromatic amines is 1. The number of morpholine rings is 1. The lowest BCUT2D eigenvalue weighted by Crippen LogP contribution is -2.53. The molecule has 2 fully saturated rings. The fourth-order valence-corrected chi connectivity index (χ4v) is 3.81. The van der Waals surface area contributed by atoms with Gasteiger partial charge in [-0.1, -0.05) is 0 Å². The van der Waals surface area contributed by atoms with E-state index in [-0.39, 0.29) is 12.1 Å². The van der Waals surface area contributed by atoms with Crippen molar-refractivity contribution in [3.8, 4) is 0 Å². The average Bonchev–Trinajstić information content (AvgIpc) is 3.14. The molecule has 7 heteroatoms. The Kier molecular flexibility index (Phi) is 5.73. The summed E-state index contributed by atoms with van der Waals surface area (Å²) in [6.45, 7) is 8.30. The Morgan fingerprint density at radius 3 is 3.12 bits per heavy atom. The molecule has 0 saturated carbocycles. The summed E-state index contributed by atoms with van der Waals surface area (Å²) in [5, 5.41) is 10.0. The van der Waals surface area contributed by atoms with Crippen LogP contribution in [0.25, 0.3) is 0 Å². The zero-order valence-corrected chi connectivity index (χ0v) is 14.7. The van der Waals surface area contributed by atoms with Crippen molar-refractivity contribution in [2.75, 3.05) is 32.8 Å². The Morgan fingerprint density at radius 2 is 2.38 bits per heavy atom. The second-order valence-electron chi connectivity index (χ2n) is 6.93. The number of carbonyl (C=O) groups excluding carboxylic acids is 1. The molecule has 2 aliphatic heterocycles. The molecule has 0 radical (unpaired) electrons. The standard InChI is InChI=1S/C17H29N5O2/c1-13(21-7-8-24-12-14(21)2)9-18-17(23)22-6-4-3-5-16(22)15-10-19-20-11-15/h10-11,13-14,16H,3-9,12H2,1-2H3,(H,18,23)(H,19,20)/t13-,14+,16+/m1/s1. The molecular formula is C17H29N5O2. The molecule has 2 amide bonds. The first-order valence-corrected chi connectivity index (χ1v) is 9.03. The number of ether oxygens (including phenoxy) is 1. The van der Waals surface area contributed by atoms with Gasteiger partial charge in [0.15, 0.2) is 0 Å². The van der Waals surface area contributed by atoms with Crippen LogP contribution >= 0.6 is 0 Å². The Morgan fingerprint density at radius 1 is 1.50 bits per heavy atom. The van der Waals surface area contributed by atoms with Crippen molar-refractivity contribution >= 4 is 6.03 Å². The molecule has 0 spiro atoms. The largest absolute Gasteiger partial charge is 0.379 e. The molecule has 24 heavy (non-hydrogen) atoms. The number of likely N-dealkylation sites (tertiary alicyclic amines) is 1. The van der Waals surface area contributed by atoms with Crippen LogP contribution in [0.5, 0.6) is 0 Å². The Labute approximate surface area is 143 Å². The van der Waals surface area contributed by atoms with E-state index in [0.29, 0.717) is 18.6 Å². The minimum atomic E-state index is 0.0358. The number of urea groups is 1. The highest BCUT2D eigenvalue weighted by molar-refractivity contribution is 5.74. The molecule has 0 unspecified atom stereocenters. The van der Waals surface area contributed by atoms with Crippen LogP contribution in [0.1, 0.15) is 44.7 Å². The Balaban J connectivity index is 1.55. The van der Waals surface area contributed by atoms with E-state index in [0.717, 1.165) is 51.1 Å². The lowest BCUT2D eigenvalue weighted by molar-refractivity contribution is -0.0179. The van der Waals surface area contributed by atoms with Crippen LogP contribution in [0.15, 0.2) is 12.4 Å². The second-order valence-corrected chi connectivity index (χ2v) is 6.93. The number of H-pyrrole nitrogens is 1. The van der Waals surface area contributed by atoms with Crippen molar-refractivity contribution in [3.05, 3.63) is 18.0 Å². The van der Waals surface area contributed by atoms with Gasteiger partial charge in [-0.25, -0.2) is 4.79 Å². The van der Waals surface area contributed by atoms with Gasteiger partial charge in [0.05, 0.1) is 25.5 Å². The summed E-state index contributed by atoms with van der Waals surface area (Å²) >= 11 is 0. The number of piperidine rings is 1. The first-order chi connectivity index (χ1) is 11.7. The topological polar surface area (TPSA) is 73.5 Å². The summed E-state index contributed by atoms with van der Waals surface area (Å²) in [6, 6.07) is 0.883. The molecule has 3 rings (SSSR count). The number of nitrogens with one attached hydrogen (secondary N) is 2. The number of rotatable bonds is 4. The Bertz CT molecular complexity index is 521. The second kappa shape index (κ2) is 7.98. The van der Waals surface area contributed by atoms with Gasteiger partial charge in [-0.2, -0.15) is 5.10 Å². The molecule has 0 aliphatic carbocycles. The predicted molar refractivity (Wildman–Crippen MR) is 91.7 cm³/mol. The first-order valence-electron chi connectivity index (χ1n) is 9.03. The molecule has 1 aromatic rings. The van der Waals surface area contributed by atoms with Crippen LogP contribution in [0.4, 0.5) is 4.79 Å². The van der Waals surface area contributed by atoms with E-state index in [4.69, 9.17) is 4.74 Å². The van der Waals surface area contributed by atoms with Crippen molar-refractivity contribution in [2.45, 2.75) is 51.2 Å². The molecular weight excluding hydrogens is 306 g/mol. The summed E-state index contributed by atoms with van der Waals surface area (Å²) in [7, 11) is 0. The minimum Gasteiger partial charge on any atom is -0.379 e. The summed E-state index contributed by atoms with van der Waals surface area (Å²) in [5.41, 5.74) is 1.10. The maximum absolute atomic E-state index is 12.7. The molecule has 0 bridgehead atoms. The van der Waals surface area contributed by atoms with Gasteiger partial charge in [0, 0.05) is 43.5 Å². The van der Waals surface area contributed by atoms with E-state index < -0.39 is 0 Å². The van der Waals surface area contributed by atoms with Crippen LogP contribution < -0.4 is 5.32 Å². The highest BCUT2D eigenvalue weighted by atomic mass is 16.5. The molecule has 0 aromatic carbocycles. The van der Waals surface area contributed by atoms with Crippen molar-refractivity contribution in [3.63, 3.8) is 0 Å². The van der Waals surface area contributed by atoms with Gasteiger partial charge in [-0.15, -0.1) is 0 Å². The molecule has 3 heterocycles. The van der Waals surface area contributed by atoms with Gasteiger partial charge in [0.1, 0.15) is 0 Å². The van der Waals surface area contributed by atoms with Crippen molar-refractivity contribution < 1.29 is 9.53 Å². The lowest BCUT2D eigenvalue weighted by Gasteiger charge is -2.39. The highest BCUT2D eigenvalue weighted by Gasteiger charge is 2.29. The fraction of sp³-hybridized carbons (Fsp3) is 0.765. The number of hydrogen-bond acceptors (Lipinski definition) is 4. The summed E-state index contributed by atoms with van der Waals surface area (Å²) < 4.78 is 5.49. The number of amides is 2. The molecule has 2 aliphatic rings. The van der Waals surface area contributed by atoms with E-state index in [1.165, 1.54) is 0 Å². The van der Waals surface area contributed by atoms with Crippen molar-refractivity contribution in [1.29, 1.82) is 0 Å². The first kappa shape index (κ1) is 17.2. The normalized spacial score (nSPS) is 27.0. The van der Waals surface area contributed by atoms with E-state index >= 15 is 0 Å². The number of carbonyl (C=O) groups is 1. The van der Waals surface area contributed by atoms with Crippen LogP contribution in [-0.4, -0.2) is 71.0 Å². The highest BCUT2D eigenvalue weighted by Crippen LogP contribution is 2.30. The summed E-state index contributed by atoms with van der Waals surface area (Å²) in [4.78, 5) is 17.1. The van der Waals surface area contributed by atoms with Crippen LogP contribution in [-0.2, 0) is 4.74 Å². The van der Waals surface area contributed by atoms with Gasteiger partial charge in [0.25, 0.3) is 0 Å². The monoisotopic (exact) mass is 335 g/mol. The van der Waals surface area contributed by atoms with E-state index in [1.54, 1.807) is 0 Å². The quantitative estimate of drug-likeness (QED) is 0.879. The lowest BCUT2D eigenvalue weighted by atomic mass is 9.98. The molecule has 2 N–H and O–H groups in total. The van der Waals surface area contributed by atoms with Gasteiger partial charge < -0.3 is 15.0 Å². The van der Waals surface area contributed by atoms with E-state index in [1.807, 2.05) is 17.3 Å². The molecule has 3 atom stereocenters. The number of hydrogen-bond donors (Lipinski definition) is 2. The van der Waals surface area contributed by atoms with Gasteiger partial charge in [0.2, 0.25) is 0 Å². The number of nitrogens with zero attached hydrogens (tertiary/aromatic N) is 3. The zero-order valence-electron chi connectivity index (χ0n) is 14.7. The maximum Gasteiger partial charge on any atom is 0.317 e. The third-order valence-electron chi connectivity index (χ3n) is 5.20. The minimum absolute atomic E-state index is 0.0358. The molecule has 1 aromatic heterocycles. The van der Waals surface area contributed by atoms with E-state index in [2.05, 4.69) is 34.3 Å². The van der Waals surface area contributed by atoms with Crippen molar-refractivity contribution in [1.82, 2.24) is 25.3 Å². The average molecular weight is 335 g/mol. The third kappa shape index (κ3) is 3.89. The van der Waals surface area contributed by atoms with Crippen LogP contribution in [0.3, 0.4) is 0 Å². The number of aromatic nitrogens is 2. The molecule has 7 nitrogen and oxygen atoms in total. The summed E-state index contributed by atoms with van der Waals surface area (Å²) in [5.74, 6) is 0. The van der Waals surface area contributed by atoms with E-state index in [9.17, 15) is 4.79 Å². The van der Waals surface area contributed by atoms with Gasteiger partial charge >= 0.3 is 6.03 Å². The smallest absolute Gasteiger partial charge is 0.317 e.